The minimum atomic E-state index is -0.324. The summed E-state index contributed by atoms with van der Waals surface area (Å²) in [6.07, 6.45) is 10.7. The van der Waals surface area contributed by atoms with Gasteiger partial charge in [-0.25, -0.2) is 4.79 Å². The average molecular weight is 623 g/mol. The van der Waals surface area contributed by atoms with Gasteiger partial charge in [0.25, 0.3) is 0 Å². The van der Waals surface area contributed by atoms with Crippen molar-refractivity contribution in [3.8, 4) is 0 Å². The van der Waals surface area contributed by atoms with Crippen LogP contribution in [0.3, 0.4) is 0 Å². The van der Waals surface area contributed by atoms with Gasteiger partial charge in [-0.1, -0.05) is 93.1 Å². The lowest BCUT2D eigenvalue weighted by Crippen LogP contribution is -2.50. The van der Waals surface area contributed by atoms with Crippen LogP contribution in [0.2, 0.25) is 10.0 Å². The molecular weight excluding hydrogens is 573 g/mol. The SMILES string of the molecule is CC1=C(C2CCN(C(=O)NC(C)C3CCCCC3)CC2)N(c2ccc(C)cc2)C(C(C)(C)c2ccc(Cl)c(Cl)c2)=CC1C. The molecule has 2 heterocycles. The number of anilines is 1. The molecule has 2 unspecified atom stereocenters. The second-order valence-electron chi connectivity index (χ2n) is 13.7. The highest BCUT2D eigenvalue weighted by Crippen LogP contribution is 2.47. The predicted molar refractivity (Wildman–Crippen MR) is 182 cm³/mol. The van der Waals surface area contributed by atoms with E-state index in [9.17, 15) is 4.79 Å². The number of benzene rings is 2. The normalized spacial score (nSPS) is 21.6. The molecule has 3 aliphatic rings. The van der Waals surface area contributed by atoms with E-state index in [1.54, 1.807) is 0 Å². The molecule has 2 atom stereocenters. The Morgan fingerprint density at radius 1 is 0.930 bits per heavy atom. The summed E-state index contributed by atoms with van der Waals surface area (Å²) in [5, 5.41) is 4.51. The fourth-order valence-electron chi connectivity index (χ4n) is 7.37. The molecule has 0 radical (unpaired) electrons. The minimum Gasteiger partial charge on any atom is -0.335 e. The number of piperidine rings is 1. The molecule has 0 aromatic heterocycles. The van der Waals surface area contributed by atoms with E-state index < -0.39 is 0 Å². The van der Waals surface area contributed by atoms with E-state index >= 15 is 0 Å². The number of nitrogens with one attached hydrogen (secondary N) is 1. The lowest BCUT2D eigenvalue weighted by atomic mass is 9.75. The Hall–Kier alpha value is -2.43. The molecule has 2 amide bonds. The number of hydrogen-bond donors (Lipinski definition) is 1. The highest BCUT2D eigenvalue weighted by atomic mass is 35.5. The van der Waals surface area contributed by atoms with Gasteiger partial charge >= 0.3 is 6.03 Å². The van der Waals surface area contributed by atoms with Crippen LogP contribution in [-0.4, -0.2) is 30.1 Å². The number of rotatable bonds is 6. The average Bonchev–Trinajstić information content (AvgIpc) is 3.00. The van der Waals surface area contributed by atoms with Crippen molar-refractivity contribution in [3.05, 3.63) is 86.7 Å². The Balaban J connectivity index is 1.41. The van der Waals surface area contributed by atoms with Gasteiger partial charge in [-0.05, 0) is 93.7 Å². The summed E-state index contributed by atoms with van der Waals surface area (Å²) in [5.74, 6) is 1.27. The monoisotopic (exact) mass is 621 g/mol. The number of aryl methyl sites for hydroxylation is 1. The number of carbonyl (C=O) groups is 1. The molecule has 2 aromatic rings. The van der Waals surface area contributed by atoms with Gasteiger partial charge in [-0.3, -0.25) is 0 Å². The minimum absolute atomic E-state index is 0.107. The largest absolute Gasteiger partial charge is 0.335 e. The fourth-order valence-corrected chi connectivity index (χ4v) is 7.67. The van der Waals surface area contributed by atoms with E-state index in [-0.39, 0.29) is 17.5 Å². The molecule has 0 bridgehead atoms. The number of amides is 2. The summed E-state index contributed by atoms with van der Waals surface area (Å²) >= 11 is 12.9. The number of nitrogens with zero attached hydrogens (tertiary/aromatic N) is 2. The fraction of sp³-hybridized carbons (Fsp3) is 0.541. The lowest BCUT2D eigenvalue weighted by molar-refractivity contribution is 0.166. The maximum absolute atomic E-state index is 13.3. The third-order valence-corrected chi connectivity index (χ3v) is 11.2. The van der Waals surface area contributed by atoms with Crippen LogP contribution in [-0.2, 0) is 5.41 Å². The molecule has 4 nitrogen and oxygen atoms in total. The van der Waals surface area contributed by atoms with Gasteiger partial charge in [0.1, 0.15) is 0 Å². The van der Waals surface area contributed by atoms with Gasteiger partial charge in [0, 0.05) is 47.5 Å². The van der Waals surface area contributed by atoms with E-state index in [4.69, 9.17) is 23.2 Å². The van der Waals surface area contributed by atoms with Crippen molar-refractivity contribution in [2.24, 2.45) is 17.8 Å². The maximum Gasteiger partial charge on any atom is 0.317 e. The Morgan fingerprint density at radius 3 is 2.21 bits per heavy atom. The first-order valence-electron chi connectivity index (χ1n) is 16.3. The molecule has 1 N–H and O–H groups in total. The van der Waals surface area contributed by atoms with Crippen LogP contribution < -0.4 is 10.2 Å². The van der Waals surface area contributed by atoms with E-state index in [0.717, 1.165) is 31.5 Å². The van der Waals surface area contributed by atoms with Gasteiger partial charge in [-0.2, -0.15) is 0 Å². The Labute approximate surface area is 269 Å². The summed E-state index contributed by atoms with van der Waals surface area (Å²) < 4.78 is 0. The number of hydrogen-bond acceptors (Lipinski definition) is 2. The van der Waals surface area contributed by atoms with Crippen LogP contribution in [0, 0.1) is 24.7 Å². The van der Waals surface area contributed by atoms with Crippen LogP contribution in [0.4, 0.5) is 10.5 Å². The highest BCUT2D eigenvalue weighted by molar-refractivity contribution is 6.42. The smallest absolute Gasteiger partial charge is 0.317 e. The summed E-state index contributed by atoms with van der Waals surface area (Å²) in [6.45, 7) is 15.0. The highest BCUT2D eigenvalue weighted by Gasteiger charge is 2.40. The van der Waals surface area contributed by atoms with Crippen molar-refractivity contribution in [1.29, 1.82) is 0 Å². The summed E-state index contributed by atoms with van der Waals surface area (Å²) in [5.41, 5.74) is 7.27. The molecule has 1 aliphatic carbocycles. The second kappa shape index (κ2) is 13.3. The van der Waals surface area contributed by atoms with Gasteiger partial charge in [0.05, 0.1) is 10.0 Å². The quantitative estimate of drug-likeness (QED) is 0.348. The molecule has 2 aliphatic heterocycles. The molecule has 43 heavy (non-hydrogen) atoms. The second-order valence-corrected chi connectivity index (χ2v) is 14.5. The van der Waals surface area contributed by atoms with E-state index in [0.29, 0.717) is 27.8 Å². The maximum atomic E-state index is 13.3. The van der Waals surface area contributed by atoms with Crippen molar-refractivity contribution >= 4 is 34.9 Å². The molecule has 232 valence electrons. The zero-order valence-electron chi connectivity index (χ0n) is 26.9. The molecular formula is C37H49Cl2N3O. The summed E-state index contributed by atoms with van der Waals surface area (Å²) in [6, 6.07) is 15.2. The molecule has 6 heteroatoms. The number of halogens is 2. The van der Waals surface area contributed by atoms with Gasteiger partial charge in [0.15, 0.2) is 0 Å². The number of likely N-dealkylation sites (tertiary alicyclic amines) is 1. The summed E-state index contributed by atoms with van der Waals surface area (Å²) in [4.78, 5) is 17.9. The lowest BCUT2D eigenvalue weighted by Gasteiger charge is -2.47. The standard InChI is InChI=1S/C37H49Cl2N3O/c1-24-12-15-31(16-13-24)42-34(37(5,6)30-14-17-32(38)33(39)23-30)22-25(2)26(3)35(42)29-18-20-41(21-19-29)36(43)40-27(4)28-10-8-7-9-11-28/h12-17,22-23,25,27-29H,7-11,18-21H2,1-6H3,(H,40,43). The van der Waals surface area contributed by atoms with Gasteiger partial charge in [-0.15, -0.1) is 0 Å². The molecule has 2 aromatic carbocycles. The first kappa shape index (κ1) is 32.0. The van der Waals surface area contributed by atoms with Crippen LogP contribution in [0.15, 0.2) is 65.5 Å². The zero-order valence-corrected chi connectivity index (χ0v) is 28.4. The molecule has 1 saturated heterocycles. The van der Waals surface area contributed by atoms with Crippen LogP contribution in [0.5, 0.6) is 0 Å². The van der Waals surface area contributed by atoms with Crippen LogP contribution in [0.25, 0.3) is 0 Å². The third kappa shape index (κ3) is 6.81. The zero-order chi connectivity index (χ0) is 30.9. The number of allylic oxidation sites excluding steroid dienone is 4. The van der Waals surface area contributed by atoms with Crippen LogP contribution in [0.1, 0.15) is 90.7 Å². The first-order valence-corrected chi connectivity index (χ1v) is 17.0. The van der Waals surface area contributed by atoms with Crippen molar-refractivity contribution in [1.82, 2.24) is 10.2 Å². The predicted octanol–water partition coefficient (Wildman–Crippen LogP) is 10.3. The number of carbonyl (C=O) groups excluding carboxylic acids is 1. The van der Waals surface area contributed by atoms with Crippen molar-refractivity contribution in [2.45, 2.75) is 97.9 Å². The Morgan fingerprint density at radius 2 is 1.58 bits per heavy atom. The van der Waals surface area contributed by atoms with Crippen molar-refractivity contribution < 1.29 is 4.79 Å². The third-order valence-electron chi connectivity index (χ3n) is 10.4. The summed E-state index contributed by atoms with van der Waals surface area (Å²) in [7, 11) is 0. The van der Waals surface area contributed by atoms with E-state index in [1.807, 2.05) is 17.0 Å². The number of urea groups is 1. The van der Waals surface area contributed by atoms with E-state index in [1.165, 1.54) is 60.3 Å². The van der Waals surface area contributed by atoms with Crippen molar-refractivity contribution in [2.75, 3.05) is 18.0 Å². The topological polar surface area (TPSA) is 35.6 Å². The molecule has 5 rings (SSSR count). The molecule has 1 saturated carbocycles. The van der Waals surface area contributed by atoms with Crippen LogP contribution >= 0.6 is 23.2 Å². The van der Waals surface area contributed by atoms with Crippen molar-refractivity contribution in [3.63, 3.8) is 0 Å². The first-order chi connectivity index (χ1) is 20.5. The molecule has 0 spiro atoms. The van der Waals surface area contributed by atoms with Gasteiger partial charge in [0.2, 0.25) is 0 Å². The van der Waals surface area contributed by atoms with Gasteiger partial charge < -0.3 is 15.1 Å². The molecule has 2 fully saturated rings. The Bertz CT molecular complexity index is 1360. The van der Waals surface area contributed by atoms with E-state index in [2.05, 4.69) is 88.2 Å². The Kier molecular flexibility index (Phi) is 9.88.